The van der Waals surface area contributed by atoms with Crippen LogP contribution in [-0.2, 0) is 13.2 Å². The molecule has 3 N–H and O–H groups in total. The van der Waals surface area contributed by atoms with Crippen LogP contribution in [0.25, 0.3) is 22.2 Å². The summed E-state index contributed by atoms with van der Waals surface area (Å²) >= 11 is 1.54. The molecule has 35 heavy (non-hydrogen) atoms. The molecule has 0 spiro atoms. The van der Waals surface area contributed by atoms with E-state index >= 15 is 0 Å². The average Bonchev–Trinajstić information content (AvgIpc) is 3.40. The zero-order chi connectivity index (χ0) is 24.4. The molecule has 2 aromatic heterocycles. The van der Waals surface area contributed by atoms with Crippen LogP contribution in [0, 0.1) is 0 Å². The Morgan fingerprint density at radius 2 is 1.74 bits per heavy atom. The molecule has 0 aliphatic rings. The molecule has 0 saturated heterocycles. The second kappa shape index (κ2) is 9.58. The number of hydrogen-bond acceptors (Lipinski definition) is 6. The van der Waals surface area contributed by atoms with E-state index in [1.165, 1.54) is 12.1 Å². The van der Waals surface area contributed by atoms with Gasteiger partial charge in [0.1, 0.15) is 11.5 Å². The summed E-state index contributed by atoms with van der Waals surface area (Å²) in [7, 11) is 0. The van der Waals surface area contributed by atoms with E-state index in [0.29, 0.717) is 17.9 Å². The van der Waals surface area contributed by atoms with Crippen molar-refractivity contribution in [2.24, 2.45) is 0 Å². The van der Waals surface area contributed by atoms with Gasteiger partial charge in [0.25, 0.3) is 5.91 Å². The number of phenols is 2. The molecular weight excluding hydrogens is 460 g/mol. The first-order chi connectivity index (χ1) is 17.0. The molecule has 2 heterocycles. The lowest BCUT2D eigenvalue weighted by molar-refractivity contribution is 0.0982. The average molecular weight is 483 g/mol. The molecule has 0 bridgehead atoms. The Labute approximate surface area is 206 Å². The fourth-order valence-corrected chi connectivity index (χ4v) is 4.68. The minimum atomic E-state index is -0.388. The highest BCUT2D eigenvalue weighted by molar-refractivity contribution is 7.07. The maximum Gasteiger partial charge on any atom is 0.262 e. The number of aromatic hydroxyl groups is 2. The summed E-state index contributed by atoms with van der Waals surface area (Å²) in [6.45, 7) is 0.177. The van der Waals surface area contributed by atoms with E-state index in [9.17, 15) is 20.1 Å². The smallest absolute Gasteiger partial charge is 0.262 e. The highest BCUT2D eigenvalue weighted by Crippen LogP contribution is 2.31. The van der Waals surface area contributed by atoms with Gasteiger partial charge in [-0.1, -0.05) is 30.3 Å². The Hall–Kier alpha value is -4.20. The van der Waals surface area contributed by atoms with Crippen molar-refractivity contribution >= 4 is 33.8 Å². The van der Waals surface area contributed by atoms with Gasteiger partial charge in [0, 0.05) is 28.3 Å². The number of hydrogen-bond donors (Lipinski definition) is 3. The third-order valence-electron chi connectivity index (χ3n) is 5.80. The van der Waals surface area contributed by atoms with Gasteiger partial charge in [0.2, 0.25) is 0 Å². The largest absolute Gasteiger partial charge is 0.508 e. The van der Waals surface area contributed by atoms with Crippen molar-refractivity contribution in [3.8, 4) is 22.8 Å². The van der Waals surface area contributed by atoms with E-state index in [1.807, 2.05) is 71.4 Å². The summed E-state index contributed by atoms with van der Waals surface area (Å²) in [4.78, 5) is 19.8. The number of carbonyl (C=O) groups is 1. The van der Waals surface area contributed by atoms with Gasteiger partial charge in [-0.05, 0) is 58.8 Å². The number of pyridine rings is 1. The Balaban J connectivity index is 1.53. The third kappa shape index (κ3) is 4.59. The number of phenolic OH excluding ortho intramolecular Hbond substituents is 2. The number of aliphatic hydroxyl groups excluding tert-OH is 1. The van der Waals surface area contributed by atoms with Crippen LogP contribution in [0.4, 0.5) is 5.69 Å². The monoisotopic (exact) mass is 482 g/mol. The Morgan fingerprint density at radius 3 is 2.46 bits per heavy atom. The number of fused-ring (bicyclic) bond motifs is 1. The summed E-state index contributed by atoms with van der Waals surface area (Å²) in [6.07, 6.45) is 0. The molecule has 5 rings (SSSR count). The maximum absolute atomic E-state index is 13.4. The molecule has 174 valence electrons. The number of rotatable bonds is 6. The quantitative estimate of drug-likeness (QED) is 0.288. The zero-order valence-corrected chi connectivity index (χ0v) is 19.4. The molecule has 3 aromatic carbocycles. The Morgan fingerprint density at radius 1 is 0.943 bits per heavy atom. The van der Waals surface area contributed by atoms with Gasteiger partial charge in [-0.25, -0.2) is 4.98 Å². The fraction of sp³-hybridized carbons (Fsp3) is 0.0714. The van der Waals surface area contributed by atoms with Crippen molar-refractivity contribution in [3.63, 3.8) is 0 Å². The van der Waals surface area contributed by atoms with Crippen molar-refractivity contribution in [2.45, 2.75) is 13.2 Å². The summed E-state index contributed by atoms with van der Waals surface area (Å²) in [6, 6.07) is 23.0. The Kier molecular flexibility index (Phi) is 6.18. The van der Waals surface area contributed by atoms with Crippen LogP contribution < -0.4 is 4.90 Å². The van der Waals surface area contributed by atoms with Crippen molar-refractivity contribution < 1.29 is 20.1 Å². The molecule has 0 aliphatic heterocycles. The van der Waals surface area contributed by atoms with Crippen LogP contribution in [0.1, 0.15) is 21.5 Å². The number of amides is 1. The van der Waals surface area contributed by atoms with E-state index in [2.05, 4.69) is 0 Å². The molecule has 1 amide bonds. The van der Waals surface area contributed by atoms with Crippen LogP contribution in [0.5, 0.6) is 11.5 Å². The van der Waals surface area contributed by atoms with Gasteiger partial charge in [-0.15, -0.1) is 0 Å². The van der Waals surface area contributed by atoms with Crippen molar-refractivity contribution in [3.05, 3.63) is 106 Å². The first-order valence-electron chi connectivity index (χ1n) is 11.0. The minimum Gasteiger partial charge on any atom is -0.508 e. The van der Waals surface area contributed by atoms with Gasteiger partial charge in [-0.2, -0.15) is 11.3 Å². The molecule has 0 atom stereocenters. The summed E-state index contributed by atoms with van der Waals surface area (Å²) in [5.74, 6) is -0.786. The van der Waals surface area contributed by atoms with Crippen molar-refractivity contribution in [2.75, 3.05) is 4.90 Å². The van der Waals surface area contributed by atoms with Crippen LogP contribution in [0.15, 0.2) is 89.6 Å². The molecule has 0 saturated carbocycles. The number of thiophene rings is 1. The predicted molar refractivity (Wildman–Crippen MR) is 138 cm³/mol. The number of carbonyl (C=O) groups excluding carboxylic acids is 1. The van der Waals surface area contributed by atoms with Crippen LogP contribution in [-0.4, -0.2) is 26.2 Å². The third-order valence-corrected chi connectivity index (χ3v) is 6.54. The molecule has 5 aromatic rings. The Bertz CT molecular complexity index is 1500. The van der Waals surface area contributed by atoms with E-state index in [1.54, 1.807) is 16.2 Å². The zero-order valence-electron chi connectivity index (χ0n) is 18.6. The normalized spacial score (nSPS) is 11.0. The van der Waals surface area contributed by atoms with E-state index in [-0.39, 0.29) is 29.6 Å². The second-order valence-corrected chi connectivity index (χ2v) is 8.90. The fourth-order valence-electron chi connectivity index (χ4n) is 4.02. The number of para-hydroxylation sites is 1. The lowest BCUT2D eigenvalue weighted by atomic mass is 10.0. The second-order valence-electron chi connectivity index (χ2n) is 8.12. The molecule has 0 fully saturated rings. The molecule has 0 unspecified atom stereocenters. The summed E-state index contributed by atoms with van der Waals surface area (Å²) < 4.78 is 0. The number of nitrogens with zero attached hydrogens (tertiary/aromatic N) is 2. The van der Waals surface area contributed by atoms with Crippen LogP contribution >= 0.6 is 11.3 Å². The van der Waals surface area contributed by atoms with Gasteiger partial charge in [0.05, 0.1) is 29.9 Å². The van der Waals surface area contributed by atoms with Crippen molar-refractivity contribution in [1.82, 2.24) is 4.98 Å². The molecular formula is C28H22N2O4S. The molecule has 0 aliphatic carbocycles. The molecule has 7 heteroatoms. The van der Waals surface area contributed by atoms with Gasteiger partial charge >= 0.3 is 0 Å². The first-order valence-corrected chi connectivity index (χ1v) is 11.9. The lowest BCUT2D eigenvalue weighted by Gasteiger charge is -2.23. The van der Waals surface area contributed by atoms with Crippen molar-refractivity contribution in [1.29, 1.82) is 0 Å². The van der Waals surface area contributed by atoms with Crippen LogP contribution in [0.3, 0.4) is 0 Å². The predicted octanol–water partition coefficient (Wildman–Crippen LogP) is 5.71. The van der Waals surface area contributed by atoms with Gasteiger partial charge in [-0.3, -0.25) is 4.79 Å². The number of aliphatic hydroxyl groups is 1. The topological polar surface area (TPSA) is 93.9 Å². The standard InChI is InChI=1S/C28H22N2O4S/c31-16-21-13-20-3-1-2-4-25(20)29-27(21)19-5-7-22(8-6-19)30(15-18-11-12-35-17-18)28(34)24-10-9-23(32)14-26(24)33/h1-14,17,31-33H,15-16H2. The first kappa shape index (κ1) is 22.6. The molecule has 0 radical (unpaired) electrons. The number of anilines is 1. The number of benzene rings is 3. The van der Waals surface area contributed by atoms with Gasteiger partial charge < -0.3 is 20.2 Å². The maximum atomic E-state index is 13.4. The number of aromatic nitrogens is 1. The van der Waals surface area contributed by atoms with Crippen LogP contribution in [0.2, 0.25) is 0 Å². The SMILES string of the molecule is O=C(c1ccc(O)cc1O)N(Cc1ccsc1)c1ccc(-c2nc3ccccc3cc2CO)cc1. The lowest BCUT2D eigenvalue weighted by Crippen LogP contribution is -2.30. The molecule has 6 nitrogen and oxygen atoms in total. The van der Waals surface area contributed by atoms with Gasteiger partial charge in [0.15, 0.2) is 0 Å². The van der Waals surface area contributed by atoms with E-state index < -0.39 is 0 Å². The minimum absolute atomic E-state index is 0.0980. The highest BCUT2D eigenvalue weighted by atomic mass is 32.1. The summed E-state index contributed by atoms with van der Waals surface area (Å²) in [5.41, 5.74) is 4.76. The van der Waals surface area contributed by atoms with E-state index in [4.69, 9.17) is 4.98 Å². The summed E-state index contributed by atoms with van der Waals surface area (Å²) in [5, 5.41) is 34.7. The van der Waals surface area contributed by atoms with E-state index in [0.717, 1.165) is 33.7 Å². The highest BCUT2D eigenvalue weighted by Gasteiger charge is 2.22.